The van der Waals surface area contributed by atoms with Gasteiger partial charge in [-0.2, -0.15) is 0 Å². The molecule has 0 aromatic heterocycles. The number of hydrogen-bond acceptors (Lipinski definition) is 2. The highest BCUT2D eigenvalue weighted by Crippen LogP contribution is 2.02. The van der Waals surface area contributed by atoms with Crippen molar-refractivity contribution < 1.29 is 4.74 Å². The van der Waals surface area contributed by atoms with E-state index >= 15 is 0 Å². The zero-order valence-electron chi connectivity index (χ0n) is 8.51. The van der Waals surface area contributed by atoms with Gasteiger partial charge in [0.2, 0.25) is 0 Å². The van der Waals surface area contributed by atoms with Crippen molar-refractivity contribution in [1.82, 2.24) is 0 Å². The maximum absolute atomic E-state index is 5.55. The lowest BCUT2D eigenvalue weighted by Crippen LogP contribution is -2.14. The summed E-state index contributed by atoms with van der Waals surface area (Å²) < 4.78 is 5.55. The predicted molar refractivity (Wildman–Crippen MR) is 53.2 cm³/mol. The fourth-order valence-electron chi connectivity index (χ4n) is 1.13. The van der Waals surface area contributed by atoms with E-state index < -0.39 is 0 Å². The maximum Gasteiger partial charge on any atom is 0.0559 e. The highest BCUT2D eigenvalue weighted by Gasteiger charge is 1.98. The van der Waals surface area contributed by atoms with Gasteiger partial charge in [0.15, 0.2) is 0 Å². The first-order valence-corrected chi connectivity index (χ1v) is 5.13. The molecule has 0 heterocycles. The molecular formula is C10H23NO. The fourth-order valence-corrected chi connectivity index (χ4v) is 1.13. The molecule has 0 bridgehead atoms. The number of nitrogens with two attached hydrogens (primary N) is 1. The van der Waals surface area contributed by atoms with Gasteiger partial charge in [0.05, 0.1) is 6.10 Å². The number of unbranched alkanes of at least 4 members (excludes halogenated alkanes) is 3. The summed E-state index contributed by atoms with van der Waals surface area (Å²) in [4.78, 5) is 0. The molecule has 0 saturated heterocycles. The highest BCUT2D eigenvalue weighted by molar-refractivity contribution is 4.50. The van der Waals surface area contributed by atoms with Crippen LogP contribution in [0.25, 0.3) is 0 Å². The summed E-state index contributed by atoms with van der Waals surface area (Å²) in [5.41, 5.74) is 5.40. The second-order valence-electron chi connectivity index (χ2n) is 3.32. The van der Waals surface area contributed by atoms with E-state index in [1.54, 1.807) is 0 Å². The van der Waals surface area contributed by atoms with E-state index in [1.165, 1.54) is 25.7 Å². The zero-order valence-corrected chi connectivity index (χ0v) is 8.51. The van der Waals surface area contributed by atoms with Gasteiger partial charge in [-0.1, -0.05) is 26.2 Å². The Hall–Kier alpha value is -0.0800. The van der Waals surface area contributed by atoms with E-state index in [0.717, 1.165) is 19.6 Å². The molecule has 0 aliphatic rings. The van der Waals surface area contributed by atoms with Crippen LogP contribution in [0.3, 0.4) is 0 Å². The molecule has 0 amide bonds. The SMILES string of the molecule is CCCCCCOC(C)CCN. The van der Waals surface area contributed by atoms with Gasteiger partial charge in [-0.25, -0.2) is 0 Å². The van der Waals surface area contributed by atoms with Gasteiger partial charge >= 0.3 is 0 Å². The van der Waals surface area contributed by atoms with E-state index in [2.05, 4.69) is 13.8 Å². The first-order chi connectivity index (χ1) is 5.81. The third-order valence-electron chi connectivity index (χ3n) is 1.97. The fraction of sp³-hybridized carbons (Fsp3) is 1.00. The molecule has 12 heavy (non-hydrogen) atoms. The molecular weight excluding hydrogens is 150 g/mol. The smallest absolute Gasteiger partial charge is 0.0559 e. The van der Waals surface area contributed by atoms with E-state index in [1.807, 2.05) is 0 Å². The topological polar surface area (TPSA) is 35.2 Å². The second kappa shape index (κ2) is 9.01. The Balaban J connectivity index is 2.97. The van der Waals surface area contributed by atoms with Crippen molar-refractivity contribution in [2.45, 2.75) is 52.1 Å². The van der Waals surface area contributed by atoms with Crippen LogP contribution in [0, 0.1) is 0 Å². The molecule has 2 heteroatoms. The number of ether oxygens (including phenoxy) is 1. The molecule has 0 aromatic rings. The molecule has 0 rings (SSSR count). The molecule has 74 valence electrons. The molecule has 0 aliphatic carbocycles. The van der Waals surface area contributed by atoms with Crippen LogP contribution in [0.5, 0.6) is 0 Å². The van der Waals surface area contributed by atoms with E-state index in [-0.39, 0.29) is 0 Å². The van der Waals surface area contributed by atoms with E-state index in [0.29, 0.717) is 6.10 Å². The Labute approximate surface area is 76.5 Å². The standard InChI is InChI=1S/C10H23NO/c1-3-4-5-6-9-12-10(2)7-8-11/h10H,3-9,11H2,1-2H3. The summed E-state index contributed by atoms with van der Waals surface area (Å²) >= 11 is 0. The van der Waals surface area contributed by atoms with E-state index in [9.17, 15) is 0 Å². The molecule has 0 spiro atoms. The van der Waals surface area contributed by atoms with Crippen LogP contribution in [0.1, 0.15) is 46.0 Å². The van der Waals surface area contributed by atoms with Crippen LogP contribution in [0.2, 0.25) is 0 Å². The quantitative estimate of drug-likeness (QED) is 0.572. The first kappa shape index (κ1) is 11.9. The van der Waals surface area contributed by atoms with Crippen LogP contribution in [0.15, 0.2) is 0 Å². The van der Waals surface area contributed by atoms with Crippen LogP contribution in [-0.2, 0) is 4.74 Å². The third kappa shape index (κ3) is 8.02. The van der Waals surface area contributed by atoms with Crippen molar-refractivity contribution in [1.29, 1.82) is 0 Å². The molecule has 0 saturated carbocycles. The molecule has 0 radical (unpaired) electrons. The third-order valence-corrected chi connectivity index (χ3v) is 1.97. The molecule has 0 aliphatic heterocycles. The van der Waals surface area contributed by atoms with E-state index in [4.69, 9.17) is 10.5 Å². The summed E-state index contributed by atoms with van der Waals surface area (Å²) in [6, 6.07) is 0. The first-order valence-electron chi connectivity index (χ1n) is 5.13. The summed E-state index contributed by atoms with van der Waals surface area (Å²) in [6.07, 6.45) is 6.44. The van der Waals surface area contributed by atoms with Gasteiger partial charge in [0.1, 0.15) is 0 Å². The maximum atomic E-state index is 5.55. The Morgan fingerprint density at radius 2 is 2.00 bits per heavy atom. The normalized spacial score (nSPS) is 13.2. The van der Waals surface area contributed by atoms with Crippen molar-refractivity contribution in [2.75, 3.05) is 13.2 Å². The average Bonchev–Trinajstić information content (AvgIpc) is 2.05. The Bertz CT molecular complexity index is 85.9. The molecule has 1 unspecified atom stereocenters. The minimum absolute atomic E-state index is 0.344. The van der Waals surface area contributed by atoms with Crippen molar-refractivity contribution in [3.8, 4) is 0 Å². The summed E-state index contributed by atoms with van der Waals surface area (Å²) in [7, 11) is 0. The van der Waals surface area contributed by atoms with Crippen molar-refractivity contribution in [3.05, 3.63) is 0 Å². The van der Waals surface area contributed by atoms with Gasteiger partial charge in [-0.05, 0) is 26.3 Å². The lowest BCUT2D eigenvalue weighted by molar-refractivity contribution is 0.0592. The Kier molecular flexibility index (Phi) is 8.95. The van der Waals surface area contributed by atoms with Gasteiger partial charge < -0.3 is 10.5 Å². The summed E-state index contributed by atoms with van der Waals surface area (Å²) in [6.45, 7) is 5.95. The number of hydrogen-bond donors (Lipinski definition) is 1. The van der Waals surface area contributed by atoms with Gasteiger partial charge in [-0.3, -0.25) is 0 Å². The van der Waals surface area contributed by atoms with Crippen LogP contribution in [0.4, 0.5) is 0 Å². The number of rotatable bonds is 8. The van der Waals surface area contributed by atoms with Crippen molar-refractivity contribution in [2.24, 2.45) is 5.73 Å². The summed E-state index contributed by atoms with van der Waals surface area (Å²) in [5, 5.41) is 0. The van der Waals surface area contributed by atoms with Gasteiger partial charge in [0.25, 0.3) is 0 Å². The predicted octanol–water partition coefficient (Wildman–Crippen LogP) is 2.32. The largest absolute Gasteiger partial charge is 0.378 e. The average molecular weight is 173 g/mol. The Morgan fingerprint density at radius 1 is 1.25 bits per heavy atom. The van der Waals surface area contributed by atoms with Crippen LogP contribution >= 0.6 is 0 Å². The lowest BCUT2D eigenvalue weighted by Gasteiger charge is -2.11. The molecule has 2 nitrogen and oxygen atoms in total. The van der Waals surface area contributed by atoms with Gasteiger partial charge in [-0.15, -0.1) is 0 Å². The monoisotopic (exact) mass is 173 g/mol. The van der Waals surface area contributed by atoms with Crippen LogP contribution < -0.4 is 5.73 Å². The molecule has 2 N–H and O–H groups in total. The zero-order chi connectivity index (χ0) is 9.23. The molecule has 0 fully saturated rings. The lowest BCUT2D eigenvalue weighted by atomic mass is 10.2. The molecule has 0 aromatic carbocycles. The van der Waals surface area contributed by atoms with Crippen molar-refractivity contribution >= 4 is 0 Å². The molecule has 1 atom stereocenters. The Morgan fingerprint density at radius 3 is 2.58 bits per heavy atom. The van der Waals surface area contributed by atoms with Crippen LogP contribution in [-0.4, -0.2) is 19.3 Å². The second-order valence-corrected chi connectivity index (χ2v) is 3.32. The van der Waals surface area contributed by atoms with Crippen molar-refractivity contribution in [3.63, 3.8) is 0 Å². The highest BCUT2D eigenvalue weighted by atomic mass is 16.5. The minimum atomic E-state index is 0.344. The summed E-state index contributed by atoms with van der Waals surface area (Å²) in [5.74, 6) is 0. The minimum Gasteiger partial charge on any atom is -0.378 e. The van der Waals surface area contributed by atoms with Gasteiger partial charge in [0, 0.05) is 6.61 Å².